The van der Waals surface area contributed by atoms with E-state index < -0.39 is 6.04 Å². The van der Waals surface area contributed by atoms with Gasteiger partial charge in [0.05, 0.1) is 13.2 Å². The number of carbonyl (C=O) groups is 1. The molecule has 5 nitrogen and oxygen atoms in total. The molecule has 2 aliphatic rings. The third-order valence-electron chi connectivity index (χ3n) is 4.77. The number of halogens is 1. The van der Waals surface area contributed by atoms with Crippen molar-refractivity contribution in [2.24, 2.45) is 0 Å². The Balaban J connectivity index is 1.87. The second-order valence-corrected chi connectivity index (χ2v) is 6.17. The number of ether oxygens (including phenoxy) is 1. The fraction of sp³-hybridized carbons (Fsp3) is 0.588. The molecule has 3 rings (SSSR count). The lowest BCUT2D eigenvalue weighted by atomic mass is 10.0. The summed E-state index contributed by atoms with van der Waals surface area (Å²) in [5, 5.41) is 3.28. The zero-order valence-corrected chi connectivity index (χ0v) is 13.5. The van der Waals surface area contributed by atoms with Crippen molar-refractivity contribution < 1.29 is 13.9 Å². The predicted molar refractivity (Wildman–Crippen MR) is 85.6 cm³/mol. The molecule has 2 fully saturated rings. The van der Waals surface area contributed by atoms with Crippen LogP contribution >= 0.6 is 0 Å². The topological polar surface area (TPSA) is 44.8 Å². The molecular weight excluding hydrogens is 297 g/mol. The number of rotatable bonds is 4. The van der Waals surface area contributed by atoms with Gasteiger partial charge in [0, 0.05) is 38.3 Å². The Kier molecular flexibility index (Phi) is 5.25. The van der Waals surface area contributed by atoms with Crippen LogP contribution in [0, 0.1) is 5.82 Å². The molecule has 1 N–H and O–H groups in total. The van der Waals surface area contributed by atoms with Crippen LogP contribution in [0.1, 0.15) is 18.0 Å². The highest BCUT2D eigenvalue weighted by molar-refractivity contribution is 5.83. The Morgan fingerprint density at radius 1 is 1.39 bits per heavy atom. The number of hydrogen-bond acceptors (Lipinski definition) is 4. The van der Waals surface area contributed by atoms with Crippen LogP contribution in [-0.4, -0.2) is 68.2 Å². The van der Waals surface area contributed by atoms with Crippen molar-refractivity contribution >= 4 is 5.91 Å². The number of carbonyl (C=O) groups excluding carboxylic acids is 1. The van der Waals surface area contributed by atoms with Gasteiger partial charge < -0.3 is 15.0 Å². The van der Waals surface area contributed by atoms with E-state index >= 15 is 0 Å². The van der Waals surface area contributed by atoms with E-state index in [0.29, 0.717) is 31.9 Å². The first-order chi connectivity index (χ1) is 11.2. The molecule has 126 valence electrons. The van der Waals surface area contributed by atoms with Crippen LogP contribution in [0.25, 0.3) is 0 Å². The summed E-state index contributed by atoms with van der Waals surface area (Å²) in [6.45, 7) is 4.16. The van der Waals surface area contributed by atoms with Gasteiger partial charge in [0.2, 0.25) is 5.91 Å². The fourth-order valence-corrected chi connectivity index (χ4v) is 3.36. The molecule has 2 heterocycles. The van der Waals surface area contributed by atoms with Gasteiger partial charge >= 0.3 is 0 Å². The zero-order chi connectivity index (χ0) is 16.2. The van der Waals surface area contributed by atoms with Gasteiger partial charge in [-0.1, -0.05) is 18.2 Å². The Morgan fingerprint density at radius 2 is 2.13 bits per heavy atom. The SMILES string of the molecule is CN(C(=O)[C@H](c1ccccc1F)N1CCOCC1)[C@@H]1CCNC1. The third kappa shape index (κ3) is 3.54. The lowest BCUT2D eigenvalue weighted by Gasteiger charge is -2.37. The van der Waals surface area contributed by atoms with Gasteiger partial charge in [-0.3, -0.25) is 9.69 Å². The summed E-state index contributed by atoms with van der Waals surface area (Å²) in [4.78, 5) is 16.9. The van der Waals surface area contributed by atoms with E-state index in [1.54, 1.807) is 23.1 Å². The second kappa shape index (κ2) is 7.38. The summed E-state index contributed by atoms with van der Waals surface area (Å²) in [7, 11) is 1.83. The quantitative estimate of drug-likeness (QED) is 0.899. The molecule has 0 aromatic heterocycles. The van der Waals surface area contributed by atoms with Crippen molar-refractivity contribution in [2.45, 2.75) is 18.5 Å². The summed E-state index contributed by atoms with van der Waals surface area (Å²) >= 11 is 0. The van der Waals surface area contributed by atoms with Crippen LogP contribution in [0.3, 0.4) is 0 Å². The van der Waals surface area contributed by atoms with E-state index in [2.05, 4.69) is 5.32 Å². The minimum absolute atomic E-state index is 0.0364. The van der Waals surface area contributed by atoms with E-state index in [1.165, 1.54) is 6.07 Å². The standard InChI is InChI=1S/C17H24FN3O2/c1-20(13-6-7-19-12-13)17(22)16(21-8-10-23-11-9-21)14-4-2-3-5-15(14)18/h2-5,13,16,19H,6-12H2,1H3/t13-,16+/m1/s1. The van der Waals surface area contributed by atoms with Gasteiger partial charge in [-0.2, -0.15) is 0 Å². The van der Waals surface area contributed by atoms with E-state index in [9.17, 15) is 9.18 Å². The average molecular weight is 321 g/mol. The molecule has 2 saturated heterocycles. The molecule has 23 heavy (non-hydrogen) atoms. The van der Waals surface area contributed by atoms with E-state index in [4.69, 9.17) is 4.74 Å². The molecule has 6 heteroatoms. The molecule has 0 saturated carbocycles. The Morgan fingerprint density at radius 3 is 2.78 bits per heavy atom. The number of benzene rings is 1. The maximum absolute atomic E-state index is 14.4. The van der Waals surface area contributed by atoms with E-state index in [0.717, 1.165) is 19.5 Å². The van der Waals surface area contributed by atoms with E-state index in [-0.39, 0.29) is 17.8 Å². The van der Waals surface area contributed by atoms with Crippen LogP contribution in [0.4, 0.5) is 4.39 Å². The monoisotopic (exact) mass is 321 g/mol. The first kappa shape index (κ1) is 16.4. The molecule has 0 unspecified atom stereocenters. The minimum Gasteiger partial charge on any atom is -0.379 e. The first-order valence-electron chi connectivity index (χ1n) is 8.22. The molecule has 2 aliphatic heterocycles. The molecule has 1 amide bonds. The summed E-state index contributed by atoms with van der Waals surface area (Å²) in [6.07, 6.45) is 0.940. The number of likely N-dealkylation sites (N-methyl/N-ethyl adjacent to an activating group) is 1. The highest BCUT2D eigenvalue weighted by atomic mass is 19.1. The number of amides is 1. The Bertz CT molecular complexity index is 542. The first-order valence-corrected chi connectivity index (χ1v) is 8.22. The average Bonchev–Trinajstić information content (AvgIpc) is 3.11. The highest BCUT2D eigenvalue weighted by Gasteiger charge is 2.35. The van der Waals surface area contributed by atoms with Crippen LogP contribution < -0.4 is 5.32 Å². The molecule has 1 aromatic carbocycles. The zero-order valence-electron chi connectivity index (χ0n) is 13.5. The van der Waals surface area contributed by atoms with Gasteiger partial charge in [-0.25, -0.2) is 4.39 Å². The van der Waals surface area contributed by atoms with Gasteiger partial charge in [-0.05, 0) is 19.0 Å². The summed E-state index contributed by atoms with van der Waals surface area (Å²) in [5.41, 5.74) is 0.456. The molecular formula is C17H24FN3O2. The molecule has 0 bridgehead atoms. The molecule has 2 atom stereocenters. The number of nitrogens with zero attached hydrogens (tertiary/aromatic N) is 2. The number of morpholine rings is 1. The van der Waals surface area contributed by atoms with Crippen LogP contribution in [0.15, 0.2) is 24.3 Å². The van der Waals surface area contributed by atoms with Crippen molar-refractivity contribution in [3.05, 3.63) is 35.6 Å². The van der Waals surface area contributed by atoms with Gasteiger partial charge in [0.15, 0.2) is 0 Å². The molecule has 0 aliphatic carbocycles. The van der Waals surface area contributed by atoms with Gasteiger partial charge in [0.1, 0.15) is 11.9 Å². The fourth-order valence-electron chi connectivity index (χ4n) is 3.36. The lowest BCUT2D eigenvalue weighted by Crippen LogP contribution is -2.49. The molecule has 1 aromatic rings. The third-order valence-corrected chi connectivity index (χ3v) is 4.77. The molecule has 0 radical (unpaired) electrons. The van der Waals surface area contributed by atoms with Gasteiger partial charge in [0.25, 0.3) is 0 Å². The van der Waals surface area contributed by atoms with Crippen LogP contribution in [0.2, 0.25) is 0 Å². The predicted octanol–water partition coefficient (Wildman–Crippen LogP) is 1.02. The summed E-state index contributed by atoms with van der Waals surface area (Å²) < 4.78 is 19.7. The van der Waals surface area contributed by atoms with Crippen LogP contribution in [0.5, 0.6) is 0 Å². The maximum atomic E-state index is 14.4. The minimum atomic E-state index is -0.578. The summed E-state index contributed by atoms with van der Waals surface area (Å²) in [6, 6.07) is 6.19. The number of hydrogen-bond donors (Lipinski definition) is 1. The summed E-state index contributed by atoms with van der Waals surface area (Å²) in [5.74, 6) is -0.360. The number of nitrogens with one attached hydrogen (secondary N) is 1. The van der Waals surface area contributed by atoms with Gasteiger partial charge in [-0.15, -0.1) is 0 Å². The maximum Gasteiger partial charge on any atom is 0.244 e. The lowest BCUT2D eigenvalue weighted by molar-refractivity contribution is -0.139. The van der Waals surface area contributed by atoms with Crippen molar-refractivity contribution in [3.63, 3.8) is 0 Å². The van der Waals surface area contributed by atoms with E-state index in [1.807, 2.05) is 11.9 Å². The largest absolute Gasteiger partial charge is 0.379 e. The highest BCUT2D eigenvalue weighted by Crippen LogP contribution is 2.27. The Labute approximate surface area is 136 Å². The van der Waals surface area contributed by atoms with Crippen molar-refractivity contribution in [3.8, 4) is 0 Å². The second-order valence-electron chi connectivity index (χ2n) is 6.17. The van der Waals surface area contributed by atoms with Crippen molar-refractivity contribution in [1.82, 2.24) is 15.1 Å². The van der Waals surface area contributed by atoms with Crippen molar-refractivity contribution in [2.75, 3.05) is 46.4 Å². The van der Waals surface area contributed by atoms with Crippen molar-refractivity contribution in [1.29, 1.82) is 0 Å². The smallest absolute Gasteiger partial charge is 0.244 e. The molecule has 0 spiro atoms. The van der Waals surface area contributed by atoms with Crippen LogP contribution in [-0.2, 0) is 9.53 Å². The normalized spacial score (nSPS) is 23.7. The Hall–Kier alpha value is -1.50.